The lowest BCUT2D eigenvalue weighted by Crippen LogP contribution is -2.70. The zero-order chi connectivity index (χ0) is 34.3. The number of methoxy groups -OCH3 is 1. The monoisotopic (exact) mass is 649 g/mol. The third-order valence-corrected chi connectivity index (χ3v) is 6.70. The maximum Gasteiger partial charge on any atom is 0.379 e. The van der Waals surface area contributed by atoms with Crippen molar-refractivity contribution in [3.05, 3.63) is 40.2 Å². The molecule has 16 nitrogen and oxygen atoms in total. The molecule has 1 aromatic heterocycles. The minimum Gasteiger partial charge on any atom is -0.464 e. The smallest absolute Gasteiger partial charge is 0.379 e. The van der Waals surface area contributed by atoms with Crippen molar-refractivity contribution in [1.29, 1.82) is 0 Å². The van der Waals surface area contributed by atoms with Crippen LogP contribution in [0.2, 0.25) is 0 Å². The number of hydrogen-bond donors (Lipinski definition) is 1. The molecule has 2 aromatic rings. The normalized spacial score (nSPS) is 22.0. The number of hydrogen-bond acceptors (Lipinski definition) is 15. The van der Waals surface area contributed by atoms with Crippen LogP contribution in [0, 0.1) is 6.92 Å². The van der Waals surface area contributed by atoms with Crippen molar-refractivity contribution in [2.45, 2.75) is 84.2 Å². The summed E-state index contributed by atoms with van der Waals surface area (Å²) in [6, 6.07) is 4.27. The number of aryl methyl sites for hydroxylation is 1. The first-order valence-corrected chi connectivity index (χ1v) is 14.0. The molecule has 0 spiro atoms. The second kappa shape index (κ2) is 14.9. The molecule has 1 fully saturated rings. The third kappa shape index (κ3) is 8.80. The summed E-state index contributed by atoms with van der Waals surface area (Å²) in [4.78, 5) is 86.4. The first kappa shape index (κ1) is 35.5. The van der Waals surface area contributed by atoms with Crippen LogP contribution in [0.3, 0.4) is 0 Å². The average molecular weight is 650 g/mol. The van der Waals surface area contributed by atoms with Crippen LogP contribution < -0.4 is 15.7 Å². The molecule has 0 radical (unpaired) electrons. The molecule has 0 aliphatic carbocycles. The Morgan fingerprint density at radius 3 is 2.20 bits per heavy atom. The summed E-state index contributed by atoms with van der Waals surface area (Å²) in [5, 5.41) is 3.14. The number of ether oxygens (including phenoxy) is 7. The Morgan fingerprint density at radius 1 is 0.957 bits per heavy atom. The summed E-state index contributed by atoms with van der Waals surface area (Å²) in [6.07, 6.45) is -6.95. The Hall–Kier alpha value is -4.99. The minimum absolute atomic E-state index is 0.0644. The second-order valence-corrected chi connectivity index (χ2v) is 10.4. The first-order valence-electron chi connectivity index (χ1n) is 14.0. The van der Waals surface area contributed by atoms with Gasteiger partial charge in [-0.2, -0.15) is 0 Å². The van der Waals surface area contributed by atoms with E-state index in [1.807, 2.05) is 0 Å². The maximum atomic E-state index is 13.5. The zero-order valence-corrected chi connectivity index (χ0v) is 26.2. The molecule has 2 heterocycles. The fraction of sp³-hybridized carbons (Fsp3) is 0.500. The standard InChI is InChI=1S/C30H35NO15/c1-14-10-25(37)44-22-11-20(8-9-21(14)22)45-30(29(38)39-7)12-23(41-17(4)34)26(31-15(2)32)28(46-30)27(43-19(6)36)24(42-18(5)35)13-40-16(3)33/h8-11,23-24,26-28H,12-13H2,1-7H3,(H,31,32). The summed E-state index contributed by atoms with van der Waals surface area (Å²) >= 11 is 0. The number of amides is 1. The lowest BCUT2D eigenvalue weighted by Gasteiger charge is -2.48. The molecule has 1 saturated heterocycles. The van der Waals surface area contributed by atoms with Gasteiger partial charge in [0, 0.05) is 52.1 Å². The Kier molecular flexibility index (Phi) is 11.5. The number of esters is 5. The molecular formula is C30H35NO15. The number of fused-ring (bicyclic) bond motifs is 1. The third-order valence-electron chi connectivity index (χ3n) is 6.70. The van der Waals surface area contributed by atoms with E-state index in [-0.39, 0.29) is 11.3 Å². The van der Waals surface area contributed by atoms with Gasteiger partial charge in [0.1, 0.15) is 30.1 Å². The van der Waals surface area contributed by atoms with Crippen LogP contribution >= 0.6 is 0 Å². The van der Waals surface area contributed by atoms with Crippen LogP contribution in [0.4, 0.5) is 0 Å². The van der Waals surface area contributed by atoms with Gasteiger partial charge in [0.25, 0.3) is 0 Å². The van der Waals surface area contributed by atoms with Crippen molar-refractivity contribution >= 4 is 46.7 Å². The van der Waals surface area contributed by atoms with Crippen molar-refractivity contribution in [2.24, 2.45) is 0 Å². The van der Waals surface area contributed by atoms with Crippen molar-refractivity contribution < 1.29 is 66.3 Å². The molecule has 1 N–H and O–H groups in total. The maximum absolute atomic E-state index is 13.5. The van der Waals surface area contributed by atoms with Crippen molar-refractivity contribution in [2.75, 3.05) is 13.7 Å². The number of nitrogens with one attached hydrogen (secondary N) is 1. The Bertz CT molecular complexity index is 1570. The van der Waals surface area contributed by atoms with Gasteiger partial charge in [0.05, 0.1) is 19.6 Å². The van der Waals surface area contributed by atoms with Gasteiger partial charge in [-0.1, -0.05) is 0 Å². The first-order chi connectivity index (χ1) is 21.5. The van der Waals surface area contributed by atoms with E-state index in [2.05, 4.69) is 5.32 Å². The SMILES string of the molecule is COC(=O)C1(Oc2ccc3c(C)cc(=O)oc3c2)CC(OC(C)=O)C(NC(C)=O)C(C(OC(C)=O)C(COC(C)=O)OC(C)=O)O1. The molecule has 3 rings (SSSR count). The minimum atomic E-state index is -2.48. The van der Waals surface area contributed by atoms with Crippen LogP contribution in [-0.4, -0.2) is 85.7 Å². The van der Waals surface area contributed by atoms with E-state index in [1.54, 1.807) is 13.0 Å². The molecular weight excluding hydrogens is 614 g/mol. The summed E-state index contributed by atoms with van der Waals surface area (Å²) in [5.74, 6) is -7.73. The molecule has 16 heteroatoms. The van der Waals surface area contributed by atoms with Crippen molar-refractivity contribution in [1.82, 2.24) is 5.32 Å². The van der Waals surface area contributed by atoms with E-state index in [4.69, 9.17) is 37.6 Å². The molecule has 1 aliphatic heterocycles. The van der Waals surface area contributed by atoms with Crippen LogP contribution in [0.15, 0.2) is 33.5 Å². The van der Waals surface area contributed by atoms with E-state index in [1.165, 1.54) is 18.2 Å². The van der Waals surface area contributed by atoms with Gasteiger partial charge in [-0.05, 0) is 24.6 Å². The summed E-state index contributed by atoms with van der Waals surface area (Å²) in [7, 11) is 1.03. The predicted molar refractivity (Wildman–Crippen MR) is 153 cm³/mol. The van der Waals surface area contributed by atoms with Gasteiger partial charge in [0.2, 0.25) is 5.91 Å². The van der Waals surface area contributed by atoms with Crippen LogP contribution in [0.25, 0.3) is 11.0 Å². The number of carbonyl (C=O) groups excluding carboxylic acids is 6. The van der Waals surface area contributed by atoms with E-state index < -0.39 is 90.7 Å². The molecule has 1 aliphatic rings. The number of benzene rings is 1. The van der Waals surface area contributed by atoms with Gasteiger partial charge < -0.3 is 42.9 Å². The second-order valence-electron chi connectivity index (χ2n) is 10.4. The van der Waals surface area contributed by atoms with Crippen LogP contribution in [0.5, 0.6) is 5.75 Å². The molecule has 250 valence electrons. The highest BCUT2D eigenvalue weighted by atomic mass is 16.7. The summed E-state index contributed by atoms with van der Waals surface area (Å²) in [5.41, 5.74) is 0.0769. The Balaban J connectivity index is 2.25. The quantitative estimate of drug-likeness (QED) is 0.204. The molecule has 6 atom stereocenters. The molecule has 0 saturated carbocycles. The van der Waals surface area contributed by atoms with E-state index in [9.17, 15) is 33.6 Å². The van der Waals surface area contributed by atoms with Gasteiger partial charge in [-0.3, -0.25) is 24.0 Å². The van der Waals surface area contributed by atoms with Gasteiger partial charge >= 0.3 is 41.3 Å². The van der Waals surface area contributed by atoms with E-state index in [0.717, 1.165) is 41.7 Å². The average Bonchev–Trinajstić information content (AvgIpc) is 2.93. The largest absolute Gasteiger partial charge is 0.464 e. The Labute approximate surface area is 262 Å². The lowest BCUT2D eigenvalue weighted by atomic mass is 9.88. The topological polar surface area (TPSA) is 209 Å². The predicted octanol–water partition coefficient (Wildman–Crippen LogP) is 1.00. The van der Waals surface area contributed by atoms with E-state index >= 15 is 0 Å². The highest BCUT2D eigenvalue weighted by molar-refractivity contribution is 5.82. The van der Waals surface area contributed by atoms with Gasteiger partial charge in [-0.15, -0.1) is 0 Å². The van der Waals surface area contributed by atoms with Gasteiger partial charge in [0.15, 0.2) is 12.2 Å². The highest BCUT2D eigenvalue weighted by Crippen LogP contribution is 2.38. The Morgan fingerprint density at radius 2 is 1.63 bits per heavy atom. The highest BCUT2D eigenvalue weighted by Gasteiger charge is 2.60. The van der Waals surface area contributed by atoms with Crippen molar-refractivity contribution in [3.63, 3.8) is 0 Å². The summed E-state index contributed by atoms with van der Waals surface area (Å²) in [6.45, 7) is 6.43. The lowest BCUT2D eigenvalue weighted by molar-refractivity contribution is -0.289. The molecule has 0 bridgehead atoms. The van der Waals surface area contributed by atoms with E-state index in [0.29, 0.717) is 10.9 Å². The summed E-state index contributed by atoms with van der Waals surface area (Å²) < 4.78 is 44.1. The fourth-order valence-electron chi connectivity index (χ4n) is 5.06. The zero-order valence-electron chi connectivity index (χ0n) is 26.2. The number of rotatable bonds is 11. The van der Waals surface area contributed by atoms with Gasteiger partial charge in [-0.25, -0.2) is 9.59 Å². The number of carbonyl (C=O) groups is 6. The van der Waals surface area contributed by atoms with Crippen molar-refractivity contribution in [3.8, 4) is 5.75 Å². The van der Waals surface area contributed by atoms with Crippen LogP contribution in [0.1, 0.15) is 46.6 Å². The molecule has 1 amide bonds. The molecule has 6 unspecified atom stereocenters. The van der Waals surface area contributed by atoms with Crippen LogP contribution in [-0.2, 0) is 57.2 Å². The molecule has 1 aromatic carbocycles. The fourth-order valence-corrected chi connectivity index (χ4v) is 5.06. The molecule has 46 heavy (non-hydrogen) atoms.